The smallest absolute Gasteiger partial charge is 0.278 e. The standard InChI is InChI=1S/C9H17N3O5S2/c1-12(2)19(15,16)10-5-7-18(13,14)11-8-9-4-3-6-17-9/h3-4,6,10-11H,5,7-8H2,1-2H3. The number of nitrogens with zero attached hydrogens (tertiary/aromatic N) is 1. The van der Waals surface area contributed by atoms with Crippen molar-refractivity contribution in [2.75, 3.05) is 26.4 Å². The summed E-state index contributed by atoms with van der Waals surface area (Å²) in [6.07, 6.45) is 1.44. The highest BCUT2D eigenvalue weighted by atomic mass is 32.2. The monoisotopic (exact) mass is 311 g/mol. The molecule has 110 valence electrons. The highest BCUT2D eigenvalue weighted by Gasteiger charge is 2.15. The molecule has 0 atom stereocenters. The second-order valence-corrected chi connectivity index (χ2v) is 7.80. The fourth-order valence-corrected chi connectivity index (χ4v) is 2.73. The normalized spacial score (nSPS) is 13.0. The molecule has 1 rings (SSSR count). The van der Waals surface area contributed by atoms with Gasteiger partial charge in [0.15, 0.2) is 0 Å². The molecular weight excluding hydrogens is 294 g/mol. The van der Waals surface area contributed by atoms with E-state index < -0.39 is 20.2 Å². The third-order valence-corrected chi connectivity index (χ3v) is 5.04. The summed E-state index contributed by atoms with van der Waals surface area (Å²) < 4.78 is 56.3. The van der Waals surface area contributed by atoms with Crippen molar-refractivity contribution >= 4 is 20.2 Å². The lowest BCUT2D eigenvalue weighted by Gasteiger charge is -2.12. The Morgan fingerprint density at radius 3 is 2.42 bits per heavy atom. The van der Waals surface area contributed by atoms with Crippen molar-refractivity contribution in [1.82, 2.24) is 13.7 Å². The zero-order valence-electron chi connectivity index (χ0n) is 10.7. The molecule has 0 aliphatic carbocycles. The van der Waals surface area contributed by atoms with E-state index in [1.807, 2.05) is 0 Å². The van der Waals surface area contributed by atoms with Crippen molar-refractivity contribution < 1.29 is 21.3 Å². The molecule has 0 saturated carbocycles. The van der Waals surface area contributed by atoms with E-state index in [9.17, 15) is 16.8 Å². The number of sulfonamides is 1. The molecule has 0 amide bonds. The van der Waals surface area contributed by atoms with Crippen molar-refractivity contribution in [2.45, 2.75) is 6.54 Å². The Bertz CT molecular complexity index is 577. The van der Waals surface area contributed by atoms with E-state index in [0.717, 1.165) is 4.31 Å². The van der Waals surface area contributed by atoms with Crippen LogP contribution in [0.3, 0.4) is 0 Å². The first-order valence-electron chi connectivity index (χ1n) is 5.40. The van der Waals surface area contributed by atoms with Gasteiger partial charge in [0.25, 0.3) is 10.2 Å². The maximum Gasteiger partial charge on any atom is 0.278 e. The van der Waals surface area contributed by atoms with E-state index in [1.54, 1.807) is 12.1 Å². The van der Waals surface area contributed by atoms with Crippen LogP contribution in [0, 0.1) is 0 Å². The number of rotatable bonds is 8. The SMILES string of the molecule is CN(C)S(=O)(=O)NCCS(=O)(=O)NCc1ccco1. The summed E-state index contributed by atoms with van der Waals surface area (Å²) >= 11 is 0. The van der Waals surface area contributed by atoms with Crippen molar-refractivity contribution in [2.24, 2.45) is 0 Å². The second kappa shape index (κ2) is 6.48. The van der Waals surface area contributed by atoms with Gasteiger partial charge in [0, 0.05) is 20.6 Å². The predicted molar refractivity (Wildman–Crippen MR) is 69.9 cm³/mol. The van der Waals surface area contributed by atoms with Crippen molar-refractivity contribution in [1.29, 1.82) is 0 Å². The molecule has 2 N–H and O–H groups in total. The molecule has 0 bridgehead atoms. The Kier molecular flexibility index (Phi) is 5.50. The van der Waals surface area contributed by atoms with Crippen LogP contribution in [0.4, 0.5) is 0 Å². The maximum atomic E-state index is 11.6. The minimum absolute atomic E-state index is 0.0375. The first kappa shape index (κ1) is 16.1. The van der Waals surface area contributed by atoms with Crippen LogP contribution in [0.2, 0.25) is 0 Å². The average molecular weight is 311 g/mol. The van der Waals surface area contributed by atoms with Crippen LogP contribution < -0.4 is 9.44 Å². The molecule has 19 heavy (non-hydrogen) atoms. The van der Waals surface area contributed by atoms with Gasteiger partial charge in [-0.1, -0.05) is 0 Å². The molecule has 10 heteroatoms. The van der Waals surface area contributed by atoms with Crippen LogP contribution in [0.15, 0.2) is 22.8 Å². The fourth-order valence-electron chi connectivity index (χ4n) is 1.10. The number of furan rings is 1. The molecule has 0 aromatic carbocycles. The van der Waals surface area contributed by atoms with Gasteiger partial charge in [-0.05, 0) is 12.1 Å². The third kappa shape index (κ3) is 5.70. The molecule has 0 spiro atoms. The summed E-state index contributed by atoms with van der Waals surface area (Å²) in [5.74, 6) is 0.137. The predicted octanol–water partition coefficient (Wildman–Crippen LogP) is -0.905. The minimum atomic E-state index is -3.61. The van der Waals surface area contributed by atoms with E-state index in [4.69, 9.17) is 4.42 Å². The molecule has 1 aromatic rings. The Labute approximate surface area is 113 Å². The van der Waals surface area contributed by atoms with Gasteiger partial charge in [0.05, 0.1) is 18.6 Å². The first-order chi connectivity index (χ1) is 8.73. The van der Waals surface area contributed by atoms with Gasteiger partial charge < -0.3 is 4.42 Å². The topological polar surface area (TPSA) is 109 Å². The van der Waals surface area contributed by atoms with Gasteiger partial charge >= 0.3 is 0 Å². The third-order valence-electron chi connectivity index (χ3n) is 2.18. The molecule has 8 nitrogen and oxygen atoms in total. The lowest BCUT2D eigenvalue weighted by Crippen LogP contribution is -2.39. The van der Waals surface area contributed by atoms with Gasteiger partial charge in [-0.2, -0.15) is 12.7 Å². The van der Waals surface area contributed by atoms with E-state index in [1.165, 1.54) is 20.4 Å². The van der Waals surface area contributed by atoms with Crippen molar-refractivity contribution in [3.05, 3.63) is 24.2 Å². The highest BCUT2D eigenvalue weighted by molar-refractivity contribution is 7.89. The quantitative estimate of drug-likeness (QED) is 0.646. The summed E-state index contributed by atoms with van der Waals surface area (Å²) in [5.41, 5.74) is 0. The van der Waals surface area contributed by atoms with Crippen LogP contribution in [0.25, 0.3) is 0 Å². The van der Waals surface area contributed by atoms with Crippen LogP contribution in [0.1, 0.15) is 5.76 Å². The molecule has 0 aliphatic heterocycles. The van der Waals surface area contributed by atoms with Gasteiger partial charge in [0.2, 0.25) is 10.0 Å². The van der Waals surface area contributed by atoms with Gasteiger partial charge in [-0.15, -0.1) is 0 Å². The summed E-state index contributed by atoms with van der Waals surface area (Å²) in [7, 11) is -4.46. The lowest BCUT2D eigenvalue weighted by atomic mass is 10.5. The van der Waals surface area contributed by atoms with E-state index in [0.29, 0.717) is 5.76 Å². The molecule has 0 fully saturated rings. The summed E-state index contributed by atoms with van der Waals surface area (Å²) in [4.78, 5) is 0. The van der Waals surface area contributed by atoms with Crippen molar-refractivity contribution in [3.63, 3.8) is 0 Å². The summed E-state index contributed by atoms with van der Waals surface area (Å²) in [6, 6.07) is 3.28. The summed E-state index contributed by atoms with van der Waals surface area (Å²) in [5, 5.41) is 0. The Morgan fingerprint density at radius 2 is 1.89 bits per heavy atom. The molecule has 1 aromatic heterocycles. The van der Waals surface area contributed by atoms with Crippen LogP contribution in [0.5, 0.6) is 0 Å². The number of hydrogen-bond acceptors (Lipinski definition) is 5. The molecule has 0 unspecified atom stereocenters. The zero-order chi connectivity index (χ0) is 14.5. The van der Waals surface area contributed by atoms with Gasteiger partial charge in [0.1, 0.15) is 5.76 Å². The number of hydrogen-bond donors (Lipinski definition) is 2. The Hall–Kier alpha value is -0.940. The highest BCUT2D eigenvalue weighted by Crippen LogP contribution is 1.99. The van der Waals surface area contributed by atoms with Gasteiger partial charge in [-0.25, -0.2) is 17.9 Å². The van der Waals surface area contributed by atoms with Crippen LogP contribution >= 0.6 is 0 Å². The minimum Gasteiger partial charge on any atom is -0.468 e. The first-order valence-corrected chi connectivity index (χ1v) is 8.49. The van der Waals surface area contributed by atoms with E-state index in [2.05, 4.69) is 9.44 Å². The maximum absolute atomic E-state index is 11.6. The lowest BCUT2D eigenvalue weighted by molar-refractivity contribution is 0.497. The molecule has 0 radical (unpaired) electrons. The Morgan fingerprint density at radius 1 is 1.21 bits per heavy atom. The average Bonchev–Trinajstić information content (AvgIpc) is 2.78. The van der Waals surface area contributed by atoms with Crippen LogP contribution in [-0.2, 0) is 26.8 Å². The van der Waals surface area contributed by atoms with E-state index >= 15 is 0 Å². The fraction of sp³-hybridized carbons (Fsp3) is 0.556. The van der Waals surface area contributed by atoms with Crippen LogP contribution in [-0.4, -0.2) is 47.5 Å². The molecule has 1 heterocycles. The van der Waals surface area contributed by atoms with E-state index in [-0.39, 0.29) is 18.8 Å². The molecular formula is C9H17N3O5S2. The molecule has 0 aliphatic rings. The second-order valence-electron chi connectivity index (χ2n) is 3.90. The van der Waals surface area contributed by atoms with Gasteiger partial charge in [-0.3, -0.25) is 0 Å². The zero-order valence-corrected chi connectivity index (χ0v) is 12.3. The van der Waals surface area contributed by atoms with Crippen molar-refractivity contribution in [3.8, 4) is 0 Å². The molecule has 0 saturated heterocycles. The number of nitrogens with one attached hydrogen (secondary N) is 2. The Balaban J connectivity index is 2.39. The largest absolute Gasteiger partial charge is 0.468 e. The summed E-state index contributed by atoms with van der Waals surface area (Å²) in [6.45, 7) is -0.163.